The standard InChI is InChI=1S/C19H23N5O2/c1-15-13-22-17(14-21-15)19(26)20-8-7-18(25)24-11-9-23(10-12-24)16-5-3-2-4-6-16/h2-6,13-14H,7-12H2,1H3,(H,20,26). The molecule has 0 spiro atoms. The van der Waals surface area contributed by atoms with Crippen LogP contribution in [0.5, 0.6) is 0 Å². The van der Waals surface area contributed by atoms with Crippen molar-refractivity contribution in [2.75, 3.05) is 37.6 Å². The molecular formula is C19H23N5O2. The van der Waals surface area contributed by atoms with Gasteiger partial charge in [-0.2, -0.15) is 0 Å². The molecule has 0 radical (unpaired) electrons. The molecule has 1 fully saturated rings. The Morgan fingerprint density at radius 1 is 1.04 bits per heavy atom. The van der Waals surface area contributed by atoms with Gasteiger partial charge in [0.1, 0.15) is 5.69 Å². The van der Waals surface area contributed by atoms with Gasteiger partial charge in [-0.15, -0.1) is 0 Å². The number of benzene rings is 1. The van der Waals surface area contributed by atoms with Gasteiger partial charge in [-0.3, -0.25) is 14.6 Å². The summed E-state index contributed by atoms with van der Waals surface area (Å²) >= 11 is 0. The van der Waals surface area contributed by atoms with Gasteiger partial charge in [0.25, 0.3) is 5.91 Å². The van der Waals surface area contributed by atoms with Gasteiger partial charge in [0.2, 0.25) is 5.91 Å². The lowest BCUT2D eigenvalue weighted by molar-refractivity contribution is -0.131. The number of rotatable bonds is 5. The van der Waals surface area contributed by atoms with Gasteiger partial charge in [-0.05, 0) is 19.1 Å². The van der Waals surface area contributed by atoms with Crippen LogP contribution in [0.1, 0.15) is 22.6 Å². The molecule has 1 saturated heterocycles. The molecule has 2 amide bonds. The van der Waals surface area contributed by atoms with Crippen LogP contribution in [0.3, 0.4) is 0 Å². The number of aromatic nitrogens is 2. The topological polar surface area (TPSA) is 78.4 Å². The molecule has 0 bridgehead atoms. The number of anilines is 1. The van der Waals surface area contributed by atoms with E-state index in [2.05, 4.69) is 32.3 Å². The molecular weight excluding hydrogens is 330 g/mol. The van der Waals surface area contributed by atoms with Crippen LogP contribution in [0, 0.1) is 6.92 Å². The summed E-state index contributed by atoms with van der Waals surface area (Å²) in [6, 6.07) is 10.2. The molecule has 1 aromatic heterocycles. The number of carbonyl (C=O) groups excluding carboxylic acids is 2. The van der Waals surface area contributed by atoms with E-state index in [1.165, 1.54) is 11.9 Å². The minimum Gasteiger partial charge on any atom is -0.368 e. The molecule has 1 aliphatic heterocycles. The van der Waals surface area contributed by atoms with E-state index < -0.39 is 0 Å². The third-order valence-electron chi connectivity index (χ3n) is 4.39. The van der Waals surface area contributed by atoms with E-state index in [9.17, 15) is 9.59 Å². The van der Waals surface area contributed by atoms with E-state index in [4.69, 9.17) is 0 Å². The van der Waals surface area contributed by atoms with E-state index in [-0.39, 0.29) is 23.9 Å². The molecule has 3 rings (SSSR count). The molecule has 2 heterocycles. The van der Waals surface area contributed by atoms with Crippen molar-refractivity contribution in [3.8, 4) is 0 Å². The lowest BCUT2D eigenvalue weighted by Gasteiger charge is -2.36. The summed E-state index contributed by atoms with van der Waals surface area (Å²) in [7, 11) is 0. The van der Waals surface area contributed by atoms with Crippen LogP contribution in [-0.4, -0.2) is 59.4 Å². The Balaban J connectivity index is 1.40. The van der Waals surface area contributed by atoms with E-state index in [1.807, 2.05) is 30.0 Å². The molecule has 2 aromatic rings. The third kappa shape index (κ3) is 4.56. The second kappa shape index (κ2) is 8.42. The number of aryl methyl sites for hydroxylation is 1. The highest BCUT2D eigenvalue weighted by Crippen LogP contribution is 2.15. The zero-order valence-electron chi connectivity index (χ0n) is 14.9. The van der Waals surface area contributed by atoms with E-state index in [0.717, 1.165) is 18.8 Å². The predicted molar refractivity (Wildman–Crippen MR) is 99.0 cm³/mol. The summed E-state index contributed by atoms with van der Waals surface area (Å²) in [6.07, 6.45) is 3.28. The molecule has 7 heteroatoms. The molecule has 0 saturated carbocycles. The van der Waals surface area contributed by atoms with Gasteiger partial charge < -0.3 is 15.1 Å². The largest absolute Gasteiger partial charge is 0.368 e. The Kier molecular flexibility index (Phi) is 5.78. The molecule has 26 heavy (non-hydrogen) atoms. The molecule has 1 N–H and O–H groups in total. The number of nitrogens with one attached hydrogen (secondary N) is 1. The molecule has 136 valence electrons. The summed E-state index contributed by atoms with van der Waals surface area (Å²) in [5.41, 5.74) is 2.21. The van der Waals surface area contributed by atoms with E-state index in [1.54, 1.807) is 6.20 Å². The summed E-state index contributed by atoms with van der Waals surface area (Å²) in [5, 5.41) is 2.72. The number of hydrogen-bond donors (Lipinski definition) is 1. The smallest absolute Gasteiger partial charge is 0.271 e. The summed E-state index contributed by atoms with van der Waals surface area (Å²) < 4.78 is 0. The van der Waals surface area contributed by atoms with Gasteiger partial charge in [-0.1, -0.05) is 18.2 Å². The van der Waals surface area contributed by atoms with E-state index in [0.29, 0.717) is 19.6 Å². The fourth-order valence-corrected chi connectivity index (χ4v) is 2.89. The van der Waals surface area contributed by atoms with Crippen molar-refractivity contribution >= 4 is 17.5 Å². The van der Waals surface area contributed by atoms with Gasteiger partial charge in [0, 0.05) is 51.0 Å². The molecule has 1 aliphatic rings. The molecule has 0 aliphatic carbocycles. The van der Waals surface area contributed by atoms with Crippen LogP contribution in [0.2, 0.25) is 0 Å². The number of amides is 2. The normalized spacial score (nSPS) is 14.2. The summed E-state index contributed by atoms with van der Waals surface area (Å²) in [4.78, 5) is 36.5. The van der Waals surface area contributed by atoms with Gasteiger partial charge in [-0.25, -0.2) is 4.98 Å². The number of para-hydroxylation sites is 1. The highest BCUT2D eigenvalue weighted by atomic mass is 16.2. The van der Waals surface area contributed by atoms with E-state index >= 15 is 0 Å². The van der Waals surface area contributed by atoms with Crippen LogP contribution < -0.4 is 10.2 Å². The Bertz CT molecular complexity index is 740. The van der Waals surface area contributed by atoms with Crippen LogP contribution in [0.25, 0.3) is 0 Å². The summed E-state index contributed by atoms with van der Waals surface area (Å²) in [5.74, 6) is -0.243. The van der Waals surface area contributed by atoms with Gasteiger partial charge in [0.15, 0.2) is 0 Å². The lowest BCUT2D eigenvalue weighted by Crippen LogP contribution is -2.49. The van der Waals surface area contributed by atoms with Crippen molar-refractivity contribution in [3.63, 3.8) is 0 Å². The number of carbonyl (C=O) groups is 2. The van der Waals surface area contributed by atoms with Crippen molar-refractivity contribution < 1.29 is 9.59 Å². The maximum Gasteiger partial charge on any atom is 0.271 e. The zero-order chi connectivity index (χ0) is 18.4. The van der Waals surface area contributed by atoms with Crippen molar-refractivity contribution in [2.45, 2.75) is 13.3 Å². The Labute approximate surface area is 153 Å². The van der Waals surface area contributed by atoms with Crippen molar-refractivity contribution in [3.05, 3.63) is 54.1 Å². The molecule has 7 nitrogen and oxygen atoms in total. The maximum absolute atomic E-state index is 12.3. The molecule has 1 aromatic carbocycles. The average Bonchev–Trinajstić information content (AvgIpc) is 2.69. The highest BCUT2D eigenvalue weighted by Gasteiger charge is 2.21. The predicted octanol–water partition coefficient (Wildman–Crippen LogP) is 1.25. The average molecular weight is 353 g/mol. The SMILES string of the molecule is Cc1cnc(C(=O)NCCC(=O)N2CCN(c3ccccc3)CC2)cn1. The first-order valence-corrected chi connectivity index (χ1v) is 8.78. The van der Waals surface area contributed by atoms with Crippen LogP contribution in [-0.2, 0) is 4.79 Å². The van der Waals surface area contributed by atoms with Crippen LogP contribution >= 0.6 is 0 Å². The third-order valence-corrected chi connectivity index (χ3v) is 4.39. The highest BCUT2D eigenvalue weighted by molar-refractivity contribution is 5.92. The quantitative estimate of drug-likeness (QED) is 0.875. The fourth-order valence-electron chi connectivity index (χ4n) is 2.89. The first-order valence-electron chi connectivity index (χ1n) is 8.78. The van der Waals surface area contributed by atoms with Crippen molar-refractivity contribution in [1.82, 2.24) is 20.2 Å². The minimum atomic E-state index is -0.306. The Hall–Kier alpha value is -2.96. The first-order chi connectivity index (χ1) is 12.6. The van der Waals surface area contributed by atoms with Crippen molar-refractivity contribution in [1.29, 1.82) is 0 Å². The fraction of sp³-hybridized carbons (Fsp3) is 0.368. The minimum absolute atomic E-state index is 0.0630. The van der Waals surface area contributed by atoms with Gasteiger partial charge in [0.05, 0.1) is 11.9 Å². The second-order valence-electron chi connectivity index (χ2n) is 6.25. The number of piperazine rings is 1. The monoisotopic (exact) mass is 353 g/mol. The van der Waals surface area contributed by atoms with Crippen molar-refractivity contribution in [2.24, 2.45) is 0 Å². The summed E-state index contributed by atoms with van der Waals surface area (Å²) in [6.45, 7) is 5.15. The number of nitrogens with zero attached hydrogens (tertiary/aromatic N) is 4. The first kappa shape index (κ1) is 17.8. The molecule has 0 unspecified atom stereocenters. The second-order valence-corrected chi connectivity index (χ2v) is 6.25. The lowest BCUT2D eigenvalue weighted by atomic mass is 10.2. The Morgan fingerprint density at radius 3 is 2.42 bits per heavy atom. The Morgan fingerprint density at radius 2 is 1.77 bits per heavy atom. The zero-order valence-corrected chi connectivity index (χ0v) is 14.9. The number of hydrogen-bond acceptors (Lipinski definition) is 5. The maximum atomic E-state index is 12.3. The van der Waals surface area contributed by atoms with Crippen LogP contribution in [0.4, 0.5) is 5.69 Å². The molecule has 0 atom stereocenters. The van der Waals surface area contributed by atoms with Gasteiger partial charge >= 0.3 is 0 Å². The van der Waals surface area contributed by atoms with Crippen LogP contribution in [0.15, 0.2) is 42.7 Å².